The summed E-state index contributed by atoms with van der Waals surface area (Å²) in [6.45, 7) is 1.25. The van der Waals surface area contributed by atoms with Crippen LogP contribution < -0.4 is 0 Å². The number of ketones is 1. The summed E-state index contributed by atoms with van der Waals surface area (Å²) in [5.74, 6) is -2.03. The molecule has 5 nitrogen and oxygen atoms in total. The van der Waals surface area contributed by atoms with Crippen LogP contribution in [0.5, 0.6) is 5.75 Å². The normalized spacial score (nSPS) is 14.1. The molecule has 0 aliphatic carbocycles. The van der Waals surface area contributed by atoms with E-state index < -0.39 is 17.5 Å². The highest BCUT2D eigenvalue weighted by Crippen LogP contribution is 2.32. The molecule has 92 valence electrons. The standard InChI is InChI=1S/C11H11ClO5/c1-5(13)9(12)7-4-6(2-3-8(7)14)10(15)11(16)17/h2-4,9-10,14-15H,1H3,(H,16,17). The summed E-state index contributed by atoms with van der Waals surface area (Å²) in [4.78, 5) is 21.7. The van der Waals surface area contributed by atoms with Crippen LogP contribution in [0.15, 0.2) is 18.2 Å². The molecule has 0 fully saturated rings. The van der Waals surface area contributed by atoms with E-state index in [4.69, 9.17) is 16.7 Å². The van der Waals surface area contributed by atoms with E-state index in [1.165, 1.54) is 25.1 Å². The van der Waals surface area contributed by atoms with Gasteiger partial charge in [-0.05, 0) is 24.6 Å². The highest BCUT2D eigenvalue weighted by atomic mass is 35.5. The highest BCUT2D eigenvalue weighted by molar-refractivity contribution is 6.31. The van der Waals surface area contributed by atoms with Gasteiger partial charge < -0.3 is 15.3 Å². The summed E-state index contributed by atoms with van der Waals surface area (Å²) < 4.78 is 0. The Morgan fingerprint density at radius 1 is 1.35 bits per heavy atom. The van der Waals surface area contributed by atoms with Crippen molar-refractivity contribution in [3.63, 3.8) is 0 Å². The van der Waals surface area contributed by atoms with Crippen molar-refractivity contribution in [3.8, 4) is 5.75 Å². The van der Waals surface area contributed by atoms with Crippen molar-refractivity contribution in [2.75, 3.05) is 0 Å². The number of aliphatic carboxylic acids is 1. The van der Waals surface area contributed by atoms with Crippen LogP contribution in [0.3, 0.4) is 0 Å². The number of carbonyl (C=O) groups excluding carboxylic acids is 1. The number of halogens is 1. The minimum Gasteiger partial charge on any atom is -0.508 e. The lowest BCUT2D eigenvalue weighted by molar-refractivity contribution is -0.146. The van der Waals surface area contributed by atoms with E-state index in [9.17, 15) is 19.8 Å². The van der Waals surface area contributed by atoms with Crippen LogP contribution in [0.4, 0.5) is 0 Å². The number of carboxylic acids is 1. The molecule has 0 saturated heterocycles. The van der Waals surface area contributed by atoms with Crippen LogP contribution in [-0.4, -0.2) is 27.1 Å². The molecule has 6 heteroatoms. The van der Waals surface area contributed by atoms with Gasteiger partial charge in [-0.2, -0.15) is 0 Å². The second-order valence-corrected chi connectivity index (χ2v) is 3.97. The number of carboxylic acid groups (broad SMARTS) is 1. The van der Waals surface area contributed by atoms with E-state index in [1.54, 1.807) is 0 Å². The third-order valence-corrected chi connectivity index (χ3v) is 2.77. The van der Waals surface area contributed by atoms with E-state index in [-0.39, 0.29) is 22.7 Å². The fraction of sp³-hybridized carbons (Fsp3) is 0.273. The fourth-order valence-corrected chi connectivity index (χ4v) is 1.48. The predicted molar refractivity (Wildman–Crippen MR) is 60.0 cm³/mol. The minimum atomic E-state index is -1.72. The maximum atomic E-state index is 11.1. The Morgan fingerprint density at radius 2 is 1.94 bits per heavy atom. The molecule has 0 spiro atoms. The molecule has 3 N–H and O–H groups in total. The molecule has 1 aromatic carbocycles. The fourth-order valence-electron chi connectivity index (χ4n) is 1.31. The van der Waals surface area contributed by atoms with Gasteiger partial charge >= 0.3 is 5.97 Å². The summed E-state index contributed by atoms with van der Waals surface area (Å²) >= 11 is 5.76. The van der Waals surface area contributed by atoms with Gasteiger partial charge in [0.1, 0.15) is 11.1 Å². The van der Waals surface area contributed by atoms with Gasteiger partial charge in [0.05, 0.1) is 0 Å². The first-order valence-corrected chi connectivity index (χ1v) is 5.16. The highest BCUT2D eigenvalue weighted by Gasteiger charge is 2.21. The average molecular weight is 259 g/mol. The first-order valence-electron chi connectivity index (χ1n) is 4.72. The van der Waals surface area contributed by atoms with Crippen molar-refractivity contribution in [1.82, 2.24) is 0 Å². The predicted octanol–water partition coefficient (Wildman–Crippen LogP) is 1.38. The van der Waals surface area contributed by atoms with Gasteiger partial charge in [0.15, 0.2) is 11.9 Å². The van der Waals surface area contributed by atoms with Crippen molar-refractivity contribution < 1.29 is 24.9 Å². The van der Waals surface area contributed by atoms with Crippen LogP contribution >= 0.6 is 11.6 Å². The molecule has 17 heavy (non-hydrogen) atoms. The van der Waals surface area contributed by atoms with E-state index >= 15 is 0 Å². The SMILES string of the molecule is CC(=O)C(Cl)c1cc(C(O)C(=O)O)ccc1O. The van der Waals surface area contributed by atoms with Crippen LogP contribution in [-0.2, 0) is 9.59 Å². The largest absolute Gasteiger partial charge is 0.508 e. The molecule has 0 amide bonds. The second-order valence-electron chi connectivity index (χ2n) is 3.53. The molecule has 1 rings (SSSR count). The summed E-state index contributed by atoms with van der Waals surface area (Å²) in [5.41, 5.74) is 0.133. The zero-order chi connectivity index (χ0) is 13.2. The van der Waals surface area contributed by atoms with Gasteiger partial charge in [-0.3, -0.25) is 4.79 Å². The third-order valence-electron chi connectivity index (χ3n) is 2.23. The number of aliphatic hydroxyl groups is 1. The first kappa shape index (κ1) is 13.5. The van der Waals surface area contributed by atoms with Crippen LogP contribution in [0.1, 0.15) is 29.5 Å². The van der Waals surface area contributed by atoms with Gasteiger partial charge in [-0.15, -0.1) is 11.6 Å². The van der Waals surface area contributed by atoms with Crippen LogP contribution in [0, 0.1) is 0 Å². The molecule has 0 saturated carbocycles. The molecule has 0 bridgehead atoms. The number of aliphatic hydroxyl groups excluding tert-OH is 1. The second kappa shape index (κ2) is 5.16. The van der Waals surface area contributed by atoms with Crippen molar-refractivity contribution in [1.29, 1.82) is 0 Å². The number of benzene rings is 1. The number of phenolic OH excluding ortho intramolecular Hbond substituents is 1. The van der Waals surface area contributed by atoms with Gasteiger partial charge in [-0.1, -0.05) is 6.07 Å². The molecule has 2 unspecified atom stereocenters. The lowest BCUT2D eigenvalue weighted by Gasteiger charge is -2.12. The molecule has 0 heterocycles. The van der Waals surface area contributed by atoms with E-state index in [0.29, 0.717) is 0 Å². The van der Waals surface area contributed by atoms with Crippen molar-refractivity contribution in [3.05, 3.63) is 29.3 Å². The molecule has 0 aliphatic heterocycles. The lowest BCUT2D eigenvalue weighted by Crippen LogP contribution is -2.11. The molecule has 0 radical (unpaired) electrons. The van der Waals surface area contributed by atoms with Crippen LogP contribution in [0.2, 0.25) is 0 Å². The zero-order valence-electron chi connectivity index (χ0n) is 8.92. The Bertz CT molecular complexity index is 457. The number of hydrogen-bond donors (Lipinski definition) is 3. The molecule has 0 aromatic heterocycles. The summed E-state index contributed by atoms with van der Waals surface area (Å²) in [7, 11) is 0. The molecular weight excluding hydrogens is 248 g/mol. The van der Waals surface area contributed by atoms with Crippen molar-refractivity contribution in [2.24, 2.45) is 0 Å². The number of carbonyl (C=O) groups is 2. The van der Waals surface area contributed by atoms with E-state index in [0.717, 1.165) is 0 Å². The first-order chi connectivity index (χ1) is 7.84. The summed E-state index contributed by atoms with van der Waals surface area (Å²) in [6, 6.07) is 3.64. The minimum absolute atomic E-state index is 0.0530. The maximum absolute atomic E-state index is 11.1. The smallest absolute Gasteiger partial charge is 0.337 e. The Morgan fingerprint density at radius 3 is 2.41 bits per heavy atom. The molecule has 2 atom stereocenters. The maximum Gasteiger partial charge on any atom is 0.337 e. The number of alkyl halides is 1. The molecule has 0 aliphatic rings. The number of Topliss-reactive ketones (excluding diaryl/α,β-unsaturated/α-hetero) is 1. The number of aromatic hydroxyl groups is 1. The summed E-state index contributed by atoms with van der Waals surface area (Å²) in [5, 5.41) is 26.4. The third kappa shape index (κ3) is 2.95. The average Bonchev–Trinajstić information content (AvgIpc) is 2.27. The van der Waals surface area contributed by atoms with Crippen LogP contribution in [0.25, 0.3) is 0 Å². The Kier molecular flexibility index (Phi) is 4.09. The van der Waals surface area contributed by atoms with E-state index in [2.05, 4.69) is 0 Å². The topological polar surface area (TPSA) is 94.8 Å². The lowest BCUT2D eigenvalue weighted by atomic mass is 10.0. The van der Waals surface area contributed by atoms with E-state index in [1.807, 2.05) is 0 Å². The Balaban J connectivity index is 3.19. The Hall–Kier alpha value is -1.59. The van der Waals surface area contributed by atoms with Crippen molar-refractivity contribution in [2.45, 2.75) is 18.4 Å². The number of hydrogen-bond acceptors (Lipinski definition) is 4. The van der Waals surface area contributed by atoms with Gasteiger partial charge in [0, 0.05) is 5.56 Å². The number of phenols is 1. The number of rotatable bonds is 4. The van der Waals surface area contributed by atoms with Gasteiger partial charge in [-0.25, -0.2) is 4.79 Å². The van der Waals surface area contributed by atoms with Crippen molar-refractivity contribution >= 4 is 23.4 Å². The Labute approximate surface area is 102 Å². The van der Waals surface area contributed by atoms with Gasteiger partial charge in [0.25, 0.3) is 0 Å². The molecule has 1 aromatic rings. The monoisotopic (exact) mass is 258 g/mol. The summed E-state index contributed by atoms with van der Waals surface area (Å²) in [6.07, 6.45) is -1.72. The van der Waals surface area contributed by atoms with Gasteiger partial charge in [0.2, 0.25) is 0 Å². The quantitative estimate of drug-likeness (QED) is 0.709. The zero-order valence-corrected chi connectivity index (χ0v) is 9.68. The molecular formula is C11H11ClO5.